The highest BCUT2D eigenvalue weighted by atomic mass is 32.2. The van der Waals surface area contributed by atoms with Gasteiger partial charge in [-0.25, -0.2) is 4.21 Å². The normalized spacial score (nSPS) is 12.5. The van der Waals surface area contributed by atoms with Gasteiger partial charge < -0.3 is 0 Å². The molecule has 0 amide bonds. The van der Waals surface area contributed by atoms with E-state index in [1.807, 2.05) is 85.8 Å². The summed E-state index contributed by atoms with van der Waals surface area (Å²) in [5.41, 5.74) is 3.43. The molecule has 0 N–H and O–H groups in total. The van der Waals surface area contributed by atoms with E-state index in [1.165, 1.54) is 5.56 Å². The minimum absolute atomic E-state index is 0.0409. The number of carbonyl (C=O) groups is 1. The Bertz CT molecular complexity index is 974. The summed E-state index contributed by atoms with van der Waals surface area (Å²) in [4.78, 5) is 14.1. The minimum atomic E-state index is -1.46. The maximum Gasteiger partial charge on any atom is 0.172 e. The van der Waals surface area contributed by atoms with Crippen molar-refractivity contribution in [2.45, 2.75) is 37.5 Å². The number of hydrogen-bond donors (Lipinski definition) is 0. The van der Waals surface area contributed by atoms with Crippen molar-refractivity contribution in [3.8, 4) is 0 Å². The molecule has 0 unspecified atom stereocenters. The fourth-order valence-corrected chi connectivity index (χ4v) is 4.34. The Balaban J connectivity index is 1.75. The quantitative estimate of drug-likeness (QED) is 0.423. The van der Waals surface area contributed by atoms with Crippen molar-refractivity contribution in [1.29, 1.82) is 0 Å². The van der Waals surface area contributed by atoms with Gasteiger partial charge in [-0.3, -0.25) is 4.79 Å². The Morgan fingerprint density at radius 2 is 1.34 bits per heavy atom. The summed E-state index contributed by atoms with van der Waals surface area (Å²) in [6.07, 6.45) is 4.39. The molecular weight excluding hydrogens is 376 g/mol. The van der Waals surface area contributed by atoms with Crippen molar-refractivity contribution in [1.82, 2.24) is 0 Å². The van der Waals surface area contributed by atoms with Crippen LogP contribution in [0.5, 0.6) is 0 Å². The van der Waals surface area contributed by atoms with Gasteiger partial charge in [0.1, 0.15) is 0 Å². The number of ketones is 1. The third kappa shape index (κ3) is 6.37. The minimum Gasteiger partial charge on any atom is -0.294 e. The van der Waals surface area contributed by atoms with Gasteiger partial charge in [0.05, 0.1) is 15.7 Å². The maximum atomic E-state index is 13.2. The van der Waals surface area contributed by atoms with Gasteiger partial charge in [0.15, 0.2) is 5.78 Å². The van der Waals surface area contributed by atoms with Crippen molar-refractivity contribution < 1.29 is 9.00 Å². The molecule has 29 heavy (non-hydrogen) atoms. The summed E-state index contributed by atoms with van der Waals surface area (Å²) in [6.45, 7) is 1.99. The smallest absolute Gasteiger partial charge is 0.172 e. The molecule has 0 saturated heterocycles. The van der Waals surface area contributed by atoms with E-state index in [1.54, 1.807) is 0 Å². The summed E-state index contributed by atoms with van der Waals surface area (Å²) >= 11 is 0. The summed E-state index contributed by atoms with van der Waals surface area (Å²) in [7, 11) is -1.46. The molecule has 0 bridgehead atoms. The Morgan fingerprint density at radius 3 is 1.93 bits per heavy atom. The van der Waals surface area contributed by atoms with Crippen molar-refractivity contribution in [2.24, 2.45) is 0 Å². The highest BCUT2D eigenvalue weighted by Crippen LogP contribution is 2.20. The zero-order valence-electron chi connectivity index (χ0n) is 16.7. The fourth-order valence-electron chi connectivity index (χ4n) is 3.12. The zero-order valence-corrected chi connectivity index (χ0v) is 17.5. The molecule has 0 fully saturated rings. The van der Waals surface area contributed by atoms with E-state index in [0.29, 0.717) is 29.1 Å². The maximum absolute atomic E-state index is 13.2. The monoisotopic (exact) mass is 402 g/mol. The summed E-state index contributed by atoms with van der Waals surface area (Å²) in [5, 5.41) is 0. The predicted octanol–water partition coefficient (Wildman–Crippen LogP) is 5.82. The van der Waals surface area contributed by atoms with Crippen molar-refractivity contribution in [2.75, 3.05) is 0 Å². The number of rotatable bonds is 9. The van der Waals surface area contributed by atoms with Crippen LogP contribution in [0.15, 0.2) is 101 Å². The molecule has 0 aromatic heterocycles. The number of hydrogen-bond acceptors (Lipinski definition) is 2. The molecule has 3 aromatic rings. The second-order valence-corrected chi connectivity index (χ2v) is 8.53. The van der Waals surface area contributed by atoms with Crippen LogP contribution in [-0.4, -0.2) is 9.99 Å². The fraction of sp³-hybridized carbons (Fsp3) is 0.192. The second kappa shape index (κ2) is 10.7. The first-order chi connectivity index (χ1) is 14.1. The van der Waals surface area contributed by atoms with Gasteiger partial charge in [-0.15, -0.1) is 0 Å². The molecule has 2 nitrogen and oxygen atoms in total. The van der Waals surface area contributed by atoms with Crippen LogP contribution in [0.25, 0.3) is 0 Å². The summed E-state index contributed by atoms with van der Waals surface area (Å²) < 4.78 is 13.2. The predicted molar refractivity (Wildman–Crippen MR) is 120 cm³/mol. The topological polar surface area (TPSA) is 34.1 Å². The number of allylic oxidation sites excluding steroid dienone is 2. The highest BCUT2D eigenvalue weighted by molar-refractivity contribution is 7.90. The van der Waals surface area contributed by atoms with Gasteiger partial charge in [0, 0.05) is 11.3 Å². The lowest BCUT2D eigenvalue weighted by atomic mass is 10.1. The Kier molecular flexibility index (Phi) is 7.71. The summed E-state index contributed by atoms with van der Waals surface area (Å²) in [5.74, 6) is -0.0409. The SMILES string of the molecule is Cc1ccc([S@](=O)/C(=C/CCc2ccccc2)C(=O)CCc2ccccc2)cc1. The van der Waals surface area contributed by atoms with Crippen LogP contribution in [0.2, 0.25) is 0 Å². The largest absolute Gasteiger partial charge is 0.294 e. The lowest BCUT2D eigenvalue weighted by Gasteiger charge is -2.09. The Hall–Kier alpha value is -2.78. The molecule has 0 heterocycles. The van der Waals surface area contributed by atoms with Gasteiger partial charge in [-0.1, -0.05) is 84.4 Å². The average molecular weight is 403 g/mol. The highest BCUT2D eigenvalue weighted by Gasteiger charge is 2.18. The third-order valence-electron chi connectivity index (χ3n) is 4.80. The molecule has 0 aliphatic rings. The van der Waals surface area contributed by atoms with Gasteiger partial charge >= 0.3 is 0 Å². The number of carbonyl (C=O) groups excluding carboxylic acids is 1. The Labute approximate surface area is 175 Å². The number of benzene rings is 3. The molecule has 0 aliphatic carbocycles. The first-order valence-electron chi connectivity index (χ1n) is 9.93. The molecule has 1 atom stereocenters. The van der Waals surface area contributed by atoms with E-state index in [4.69, 9.17) is 0 Å². The van der Waals surface area contributed by atoms with E-state index < -0.39 is 10.8 Å². The number of Topliss-reactive ketones (excluding diaryl/α,β-unsaturated/α-hetero) is 1. The molecule has 0 spiro atoms. The van der Waals surface area contributed by atoms with Crippen LogP contribution in [-0.2, 0) is 28.4 Å². The van der Waals surface area contributed by atoms with Crippen LogP contribution in [0.1, 0.15) is 29.5 Å². The molecule has 0 radical (unpaired) electrons. The van der Waals surface area contributed by atoms with Gasteiger partial charge in [0.25, 0.3) is 0 Å². The van der Waals surface area contributed by atoms with Crippen LogP contribution in [0.3, 0.4) is 0 Å². The molecule has 3 heteroatoms. The van der Waals surface area contributed by atoms with Crippen LogP contribution in [0, 0.1) is 6.92 Å². The van der Waals surface area contributed by atoms with Crippen LogP contribution >= 0.6 is 0 Å². The molecule has 3 aromatic carbocycles. The second-order valence-electron chi connectivity index (χ2n) is 7.08. The van der Waals surface area contributed by atoms with E-state index in [2.05, 4.69) is 12.1 Å². The molecule has 148 valence electrons. The van der Waals surface area contributed by atoms with Crippen molar-refractivity contribution in [3.63, 3.8) is 0 Å². The number of aryl methyl sites for hydroxylation is 3. The zero-order chi connectivity index (χ0) is 20.5. The van der Waals surface area contributed by atoms with Crippen LogP contribution in [0.4, 0.5) is 0 Å². The molecule has 3 rings (SSSR count). The lowest BCUT2D eigenvalue weighted by Crippen LogP contribution is -2.10. The van der Waals surface area contributed by atoms with E-state index in [9.17, 15) is 9.00 Å². The van der Waals surface area contributed by atoms with Gasteiger partial charge in [-0.2, -0.15) is 0 Å². The van der Waals surface area contributed by atoms with E-state index >= 15 is 0 Å². The Morgan fingerprint density at radius 1 is 0.793 bits per heavy atom. The molecular formula is C26H26O2S. The van der Waals surface area contributed by atoms with Gasteiger partial charge in [-0.05, 0) is 49.4 Å². The molecule has 0 saturated carbocycles. The standard InChI is InChI=1S/C26H26O2S/c1-21-15-18-24(19-16-21)29(28)26(14-8-13-22-9-4-2-5-10-22)25(27)20-17-23-11-6-3-7-12-23/h2-7,9-12,14-16,18-19H,8,13,17,20H2,1H3/b26-14+/t29-/m0/s1. The first-order valence-corrected chi connectivity index (χ1v) is 11.1. The van der Waals surface area contributed by atoms with E-state index in [0.717, 1.165) is 17.5 Å². The van der Waals surface area contributed by atoms with Gasteiger partial charge in [0.2, 0.25) is 0 Å². The van der Waals surface area contributed by atoms with Crippen molar-refractivity contribution in [3.05, 3.63) is 113 Å². The summed E-state index contributed by atoms with van der Waals surface area (Å²) in [6, 6.07) is 27.7. The average Bonchev–Trinajstić information content (AvgIpc) is 2.76. The van der Waals surface area contributed by atoms with Crippen LogP contribution < -0.4 is 0 Å². The lowest BCUT2D eigenvalue weighted by molar-refractivity contribution is -0.114. The van der Waals surface area contributed by atoms with Crippen molar-refractivity contribution >= 4 is 16.6 Å². The van der Waals surface area contributed by atoms with E-state index in [-0.39, 0.29) is 5.78 Å². The third-order valence-corrected chi connectivity index (χ3v) is 6.29. The molecule has 0 aliphatic heterocycles. The first kappa shape index (κ1) is 20.9.